The van der Waals surface area contributed by atoms with Gasteiger partial charge in [-0.05, 0) is 25.2 Å². The second-order valence-electron chi connectivity index (χ2n) is 5.95. The number of aliphatic carboxylic acids is 1. The lowest BCUT2D eigenvalue weighted by molar-refractivity contribution is -0.152. The number of hydrogen-bond acceptors (Lipinski definition) is 4. The van der Waals surface area contributed by atoms with Crippen molar-refractivity contribution >= 4 is 17.8 Å². The molecule has 0 aromatic rings. The smallest absolute Gasteiger partial charge is 0.332 e. The molecule has 1 aliphatic rings. The van der Waals surface area contributed by atoms with Crippen molar-refractivity contribution in [2.45, 2.75) is 51.4 Å². The van der Waals surface area contributed by atoms with Gasteiger partial charge in [-0.2, -0.15) is 0 Å². The molecule has 21 heavy (non-hydrogen) atoms. The number of carbonyl (C=O) groups is 3. The molecule has 0 radical (unpaired) electrons. The SMILES string of the molecule is CC(C)CC(NC(=O)[C@@H]1CC[C@H](C(=O)O)O1)C(=O)N(C)C. The molecular weight excluding hydrogens is 276 g/mol. The number of nitrogens with one attached hydrogen (secondary N) is 1. The highest BCUT2D eigenvalue weighted by molar-refractivity contribution is 5.89. The van der Waals surface area contributed by atoms with Crippen LogP contribution < -0.4 is 5.32 Å². The summed E-state index contributed by atoms with van der Waals surface area (Å²) in [6.07, 6.45) is -0.542. The molecule has 1 unspecified atom stereocenters. The van der Waals surface area contributed by atoms with Gasteiger partial charge in [0.25, 0.3) is 0 Å². The monoisotopic (exact) mass is 300 g/mol. The minimum atomic E-state index is -1.06. The van der Waals surface area contributed by atoms with E-state index in [9.17, 15) is 14.4 Å². The first-order valence-electron chi connectivity index (χ1n) is 7.12. The third-order valence-electron chi connectivity index (χ3n) is 3.35. The van der Waals surface area contributed by atoms with Crippen LogP contribution in [0.4, 0.5) is 0 Å². The predicted octanol–water partition coefficient (Wildman–Crippen LogP) is 0.238. The number of ether oxygens (including phenoxy) is 1. The van der Waals surface area contributed by atoms with Gasteiger partial charge in [-0.1, -0.05) is 13.8 Å². The fraction of sp³-hybridized carbons (Fsp3) is 0.786. The first kappa shape index (κ1) is 17.4. The van der Waals surface area contributed by atoms with Crippen LogP contribution in [0.15, 0.2) is 0 Å². The van der Waals surface area contributed by atoms with Gasteiger partial charge >= 0.3 is 5.97 Å². The molecule has 1 aliphatic heterocycles. The zero-order valence-electron chi connectivity index (χ0n) is 13.0. The number of rotatable bonds is 6. The first-order valence-corrected chi connectivity index (χ1v) is 7.12. The molecule has 7 nitrogen and oxygen atoms in total. The van der Waals surface area contributed by atoms with Crippen LogP contribution in [-0.2, 0) is 19.1 Å². The van der Waals surface area contributed by atoms with Crippen LogP contribution in [0.1, 0.15) is 33.1 Å². The van der Waals surface area contributed by atoms with Crippen molar-refractivity contribution in [3.63, 3.8) is 0 Å². The molecule has 1 rings (SSSR count). The first-order chi connectivity index (χ1) is 9.72. The van der Waals surface area contributed by atoms with E-state index in [1.807, 2.05) is 13.8 Å². The van der Waals surface area contributed by atoms with Crippen molar-refractivity contribution in [2.24, 2.45) is 5.92 Å². The maximum absolute atomic E-state index is 12.1. The van der Waals surface area contributed by atoms with Crippen molar-refractivity contribution in [1.29, 1.82) is 0 Å². The molecule has 0 aliphatic carbocycles. The van der Waals surface area contributed by atoms with E-state index in [-0.39, 0.29) is 11.8 Å². The van der Waals surface area contributed by atoms with Gasteiger partial charge in [-0.25, -0.2) is 4.79 Å². The van der Waals surface area contributed by atoms with Gasteiger partial charge in [0, 0.05) is 14.1 Å². The minimum absolute atomic E-state index is 0.176. The molecule has 0 aromatic heterocycles. The lowest BCUT2D eigenvalue weighted by Gasteiger charge is -2.24. The average Bonchev–Trinajstić information content (AvgIpc) is 2.86. The topological polar surface area (TPSA) is 95.9 Å². The Hall–Kier alpha value is -1.63. The van der Waals surface area contributed by atoms with E-state index in [0.717, 1.165) is 0 Å². The molecule has 1 saturated heterocycles. The zero-order valence-corrected chi connectivity index (χ0v) is 13.0. The van der Waals surface area contributed by atoms with Gasteiger partial charge in [0.05, 0.1) is 0 Å². The van der Waals surface area contributed by atoms with Crippen LogP contribution in [0.25, 0.3) is 0 Å². The van der Waals surface area contributed by atoms with E-state index in [0.29, 0.717) is 19.3 Å². The highest BCUT2D eigenvalue weighted by Gasteiger charge is 2.36. The summed E-state index contributed by atoms with van der Waals surface area (Å²) in [5.74, 6) is -1.41. The number of carboxylic acids is 1. The summed E-state index contributed by atoms with van der Waals surface area (Å²) in [5, 5.41) is 11.5. The molecule has 2 amide bonds. The molecule has 0 saturated carbocycles. The van der Waals surface area contributed by atoms with Gasteiger partial charge in [0.15, 0.2) is 6.10 Å². The number of hydrogen-bond donors (Lipinski definition) is 2. The second-order valence-corrected chi connectivity index (χ2v) is 5.95. The molecule has 1 heterocycles. The van der Waals surface area contributed by atoms with Crippen LogP contribution in [0, 0.1) is 5.92 Å². The molecule has 0 aromatic carbocycles. The van der Waals surface area contributed by atoms with Gasteiger partial charge in [-0.15, -0.1) is 0 Å². The number of carboxylic acid groups (broad SMARTS) is 1. The Balaban J connectivity index is 2.64. The third-order valence-corrected chi connectivity index (χ3v) is 3.35. The maximum atomic E-state index is 12.1. The maximum Gasteiger partial charge on any atom is 0.332 e. The summed E-state index contributed by atoms with van der Waals surface area (Å²) in [6, 6.07) is -0.611. The van der Waals surface area contributed by atoms with E-state index < -0.39 is 30.1 Å². The van der Waals surface area contributed by atoms with E-state index in [1.165, 1.54) is 4.90 Å². The Kier molecular flexibility index (Phi) is 6.14. The Morgan fingerprint density at radius 2 is 1.81 bits per heavy atom. The van der Waals surface area contributed by atoms with Gasteiger partial charge < -0.3 is 20.1 Å². The molecule has 7 heteroatoms. The van der Waals surface area contributed by atoms with E-state index >= 15 is 0 Å². The van der Waals surface area contributed by atoms with Crippen molar-refractivity contribution in [3.05, 3.63) is 0 Å². The summed E-state index contributed by atoms with van der Waals surface area (Å²) < 4.78 is 5.19. The molecule has 2 N–H and O–H groups in total. The normalized spacial score (nSPS) is 22.9. The Morgan fingerprint density at radius 3 is 2.24 bits per heavy atom. The van der Waals surface area contributed by atoms with Gasteiger partial charge in [-0.3, -0.25) is 9.59 Å². The molecular formula is C14H24N2O5. The van der Waals surface area contributed by atoms with Crippen molar-refractivity contribution in [2.75, 3.05) is 14.1 Å². The van der Waals surface area contributed by atoms with Crippen LogP contribution in [0.5, 0.6) is 0 Å². The average molecular weight is 300 g/mol. The molecule has 120 valence electrons. The molecule has 0 bridgehead atoms. The fourth-order valence-corrected chi connectivity index (χ4v) is 2.28. The van der Waals surface area contributed by atoms with E-state index in [1.54, 1.807) is 14.1 Å². The largest absolute Gasteiger partial charge is 0.479 e. The number of likely N-dealkylation sites (N-methyl/N-ethyl adjacent to an activating group) is 1. The van der Waals surface area contributed by atoms with Crippen molar-refractivity contribution in [3.8, 4) is 0 Å². The van der Waals surface area contributed by atoms with Crippen molar-refractivity contribution < 1.29 is 24.2 Å². The van der Waals surface area contributed by atoms with Gasteiger partial charge in [0.1, 0.15) is 12.1 Å². The Morgan fingerprint density at radius 1 is 1.24 bits per heavy atom. The summed E-state index contributed by atoms with van der Waals surface area (Å²) in [4.78, 5) is 36.5. The van der Waals surface area contributed by atoms with Crippen LogP contribution in [-0.4, -0.2) is 60.1 Å². The number of amides is 2. The fourth-order valence-electron chi connectivity index (χ4n) is 2.28. The lowest BCUT2D eigenvalue weighted by atomic mass is 10.0. The minimum Gasteiger partial charge on any atom is -0.479 e. The standard InChI is InChI=1S/C14H24N2O5/c1-8(2)7-9(13(18)16(3)4)15-12(17)10-5-6-11(21-10)14(19)20/h8-11H,5-7H2,1-4H3,(H,15,17)(H,19,20)/t9?,10-,11+/m0/s1. The summed E-state index contributed by atoms with van der Waals surface area (Å²) in [7, 11) is 3.27. The van der Waals surface area contributed by atoms with E-state index in [2.05, 4.69) is 5.32 Å². The highest BCUT2D eigenvalue weighted by Crippen LogP contribution is 2.20. The predicted molar refractivity (Wildman–Crippen MR) is 75.6 cm³/mol. The highest BCUT2D eigenvalue weighted by atomic mass is 16.5. The van der Waals surface area contributed by atoms with Gasteiger partial charge in [0.2, 0.25) is 11.8 Å². The Labute approximate surface area is 124 Å². The van der Waals surface area contributed by atoms with Crippen LogP contribution in [0.3, 0.4) is 0 Å². The lowest BCUT2D eigenvalue weighted by Crippen LogP contribution is -2.50. The molecule has 1 fully saturated rings. The van der Waals surface area contributed by atoms with E-state index in [4.69, 9.17) is 9.84 Å². The summed E-state index contributed by atoms with van der Waals surface area (Å²) >= 11 is 0. The number of nitrogens with zero attached hydrogens (tertiary/aromatic N) is 1. The molecule has 3 atom stereocenters. The molecule has 0 spiro atoms. The quantitative estimate of drug-likeness (QED) is 0.732. The second kappa shape index (κ2) is 7.40. The van der Waals surface area contributed by atoms with Crippen LogP contribution >= 0.6 is 0 Å². The zero-order chi connectivity index (χ0) is 16.2. The summed E-state index contributed by atoms with van der Waals surface area (Å²) in [5.41, 5.74) is 0. The Bertz CT molecular complexity index is 408. The summed E-state index contributed by atoms with van der Waals surface area (Å²) in [6.45, 7) is 3.93. The number of carbonyl (C=O) groups excluding carboxylic acids is 2. The van der Waals surface area contributed by atoms with Crippen molar-refractivity contribution in [1.82, 2.24) is 10.2 Å². The third kappa shape index (κ3) is 5.00. The van der Waals surface area contributed by atoms with Crippen LogP contribution in [0.2, 0.25) is 0 Å².